The Labute approximate surface area is 119 Å². The van der Waals surface area contributed by atoms with E-state index < -0.39 is 5.82 Å². The first kappa shape index (κ1) is 12.6. The summed E-state index contributed by atoms with van der Waals surface area (Å²) in [7, 11) is 0. The van der Waals surface area contributed by atoms with Crippen molar-refractivity contribution in [1.29, 1.82) is 0 Å². The quantitative estimate of drug-likeness (QED) is 0.729. The maximum Gasteiger partial charge on any atom is 0.258 e. The van der Waals surface area contributed by atoms with Crippen LogP contribution in [0.3, 0.4) is 0 Å². The molecule has 0 bridgehead atoms. The molecule has 0 atom stereocenters. The summed E-state index contributed by atoms with van der Waals surface area (Å²) in [6.45, 7) is 0. The molecule has 1 aromatic heterocycles. The first-order valence-corrected chi connectivity index (χ1v) is 6.17. The van der Waals surface area contributed by atoms with Crippen molar-refractivity contribution in [2.75, 3.05) is 5.73 Å². The smallest absolute Gasteiger partial charge is 0.258 e. The molecule has 4 nitrogen and oxygen atoms in total. The average Bonchev–Trinajstić information content (AvgIpc) is 2.89. The van der Waals surface area contributed by atoms with E-state index in [2.05, 4.69) is 10.1 Å². The van der Waals surface area contributed by atoms with E-state index in [0.29, 0.717) is 11.3 Å². The molecule has 6 heteroatoms. The van der Waals surface area contributed by atoms with Crippen LogP contribution in [0.25, 0.3) is 22.8 Å². The minimum Gasteiger partial charge on any atom is -0.399 e. The van der Waals surface area contributed by atoms with E-state index in [9.17, 15) is 4.39 Å². The first-order chi connectivity index (χ1) is 9.65. The number of aromatic nitrogens is 2. The van der Waals surface area contributed by atoms with Gasteiger partial charge in [-0.2, -0.15) is 4.98 Å². The van der Waals surface area contributed by atoms with Crippen LogP contribution < -0.4 is 5.73 Å². The van der Waals surface area contributed by atoms with Gasteiger partial charge in [-0.15, -0.1) is 0 Å². The number of halogens is 2. The van der Waals surface area contributed by atoms with Gasteiger partial charge in [-0.25, -0.2) is 4.39 Å². The third kappa shape index (κ3) is 2.23. The van der Waals surface area contributed by atoms with Crippen molar-refractivity contribution in [3.05, 3.63) is 53.3 Å². The van der Waals surface area contributed by atoms with Gasteiger partial charge in [0.1, 0.15) is 5.82 Å². The summed E-state index contributed by atoms with van der Waals surface area (Å²) in [6, 6.07) is 11.3. The third-order valence-electron chi connectivity index (χ3n) is 2.77. The monoisotopic (exact) mass is 289 g/mol. The number of nitrogen functional groups attached to an aromatic ring is 1. The van der Waals surface area contributed by atoms with Gasteiger partial charge in [0.05, 0.1) is 10.6 Å². The zero-order valence-electron chi connectivity index (χ0n) is 10.2. The van der Waals surface area contributed by atoms with Crippen LogP contribution in [-0.2, 0) is 0 Å². The average molecular weight is 290 g/mol. The molecule has 0 aliphatic rings. The lowest BCUT2D eigenvalue weighted by molar-refractivity contribution is 0.432. The van der Waals surface area contributed by atoms with Crippen LogP contribution in [0.15, 0.2) is 47.0 Å². The van der Waals surface area contributed by atoms with Gasteiger partial charge in [-0.3, -0.25) is 0 Å². The zero-order chi connectivity index (χ0) is 14.1. The highest BCUT2D eigenvalue weighted by atomic mass is 35.5. The van der Waals surface area contributed by atoms with Crippen LogP contribution in [-0.4, -0.2) is 10.1 Å². The van der Waals surface area contributed by atoms with E-state index in [1.54, 1.807) is 30.3 Å². The second kappa shape index (κ2) is 4.94. The van der Waals surface area contributed by atoms with Crippen LogP contribution in [0.4, 0.5) is 10.1 Å². The maximum atomic E-state index is 13.8. The highest BCUT2D eigenvalue weighted by Gasteiger charge is 2.16. The topological polar surface area (TPSA) is 64.9 Å². The fourth-order valence-corrected chi connectivity index (χ4v) is 2.03. The molecule has 0 spiro atoms. The molecule has 2 N–H and O–H groups in total. The highest BCUT2D eigenvalue weighted by Crippen LogP contribution is 2.30. The summed E-state index contributed by atoms with van der Waals surface area (Å²) in [5, 5.41) is 4.00. The van der Waals surface area contributed by atoms with Crippen LogP contribution in [0, 0.1) is 5.82 Å². The van der Waals surface area contributed by atoms with Crippen molar-refractivity contribution >= 4 is 17.3 Å². The van der Waals surface area contributed by atoms with Gasteiger partial charge in [0.15, 0.2) is 0 Å². The summed E-state index contributed by atoms with van der Waals surface area (Å²) >= 11 is 5.96. The van der Waals surface area contributed by atoms with Crippen molar-refractivity contribution in [2.45, 2.75) is 0 Å². The predicted octanol–water partition coefficient (Wildman–Crippen LogP) is 3.78. The molecule has 3 aromatic rings. The maximum absolute atomic E-state index is 13.8. The number of rotatable bonds is 2. The minimum absolute atomic E-state index is 0.111. The Bertz CT molecular complexity index is 735. The van der Waals surface area contributed by atoms with Gasteiger partial charge in [-0.05, 0) is 36.4 Å². The molecule has 20 heavy (non-hydrogen) atoms. The Hall–Kier alpha value is -2.40. The number of hydrogen-bond donors (Lipinski definition) is 1. The fraction of sp³-hybridized carbons (Fsp3) is 0. The van der Waals surface area contributed by atoms with E-state index >= 15 is 0 Å². The summed E-state index contributed by atoms with van der Waals surface area (Å²) in [5.74, 6) is -0.110. The summed E-state index contributed by atoms with van der Waals surface area (Å²) in [5.41, 5.74) is 7.06. The third-order valence-corrected chi connectivity index (χ3v) is 3.09. The van der Waals surface area contributed by atoms with E-state index in [4.69, 9.17) is 21.9 Å². The number of nitrogens with zero attached hydrogens (tertiary/aromatic N) is 2. The van der Waals surface area contributed by atoms with Crippen molar-refractivity contribution in [2.24, 2.45) is 0 Å². The normalized spacial score (nSPS) is 10.7. The molecule has 3 rings (SSSR count). The molecule has 0 amide bonds. The number of nitrogens with two attached hydrogens (primary N) is 1. The fourth-order valence-electron chi connectivity index (χ4n) is 1.78. The Morgan fingerprint density at radius 2 is 1.85 bits per heavy atom. The van der Waals surface area contributed by atoms with Crippen LogP contribution >= 0.6 is 11.6 Å². The van der Waals surface area contributed by atoms with Gasteiger partial charge in [0.2, 0.25) is 5.82 Å². The lowest BCUT2D eigenvalue weighted by atomic mass is 10.2. The SMILES string of the molecule is Nc1ccc(-c2nc(-c3c(F)cccc3Cl)no2)cc1. The lowest BCUT2D eigenvalue weighted by Crippen LogP contribution is -1.88. The summed E-state index contributed by atoms with van der Waals surface area (Å²) < 4.78 is 18.9. The molecule has 0 aliphatic carbocycles. The van der Waals surface area contributed by atoms with E-state index in [1.807, 2.05) is 0 Å². The minimum atomic E-state index is -0.498. The van der Waals surface area contributed by atoms with Gasteiger partial charge >= 0.3 is 0 Å². The largest absolute Gasteiger partial charge is 0.399 e. The molecule has 2 aromatic carbocycles. The Kier molecular flexibility index (Phi) is 3.12. The molecule has 100 valence electrons. The van der Waals surface area contributed by atoms with Gasteiger partial charge in [0.25, 0.3) is 5.89 Å². The molecule has 0 radical (unpaired) electrons. The van der Waals surface area contributed by atoms with Crippen LogP contribution in [0.2, 0.25) is 5.02 Å². The number of hydrogen-bond acceptors (Lipinski definition) is 4. The molecular formula is C14H9ClFN3O. The summed E-state index contributed by atoms with van der Waals surface area (Å²) in [4.78, 5) is 4.16. The Morgan fingerprint density at radius 1 is 1.10 bits per heavy atom. The summed E-state index contributed by atoms with van der Waals surface area (Å²) in [6.07, 6.45) is 0. The molecule has 0 saturated carbocycles. The van der Waals surface area contributed by atoms with E-state index in [1.165, 1.54) is 12.1 Å². The van der Waals surface area contributed by atoms with Gasteiger partial charge in [-0.1, -0.05) is 22.8 Å². The van der Waals surface area contributed by atoms with Crippen LogP contribution in [0.5, 0.6) is 0 Å². The first-order valence-electron chi connectivity index (χ1n) is 5.79. The standard InChI is InChI=1S/C14H9ClFN3O/c15-10-2-1-3-11(16)12(10)13-18-14(20-19-13)8-4-6-9(17)7-5-8/h1-7H,17H2. The van der Waals surface area contributed by atoms with Crippen molar-refractivity contribution in [3.63, 3.8) is 0 Å². The van der Waals surface area contributed by atoms with Crippen molar-refractivity contribution < 1.29 is 8.91 Å². The Balaban J connectivity index is 2.04. The van der Waals surface area contributed by atoms with Crippen LogP contribution in [0.1, 0.15) is 0 Å². The lowest BCUT2D eigenvalue weighted by Gasteiger charge is -1.99. The number of anilines is 1. The van der Waals surface area contributed by atoms with Gasteiger partial charge < -0.3 is 10.3 Å². The zero-order valence-corrected chi connectivity index (χ0v) is 10.9. The molecule has 0 saturated heterocycles. The number of benzene rings is 2. The molecule has 1 heterocycles. The molecule has 0 aliphatic heterocycles. The second-order valence-corrected chi connectivity index (χ2v) is 4.55. The Morgan fingerprint density at radius 3 is 2.55 bits per heavy atom. The van der Waals surface area contributed by atoms with E-state index in [0.717, 1.165) is 0 Å². The van der Waals surface area contributed by atoms with E-state index in [-0.39, 0.29) is 22.3 Å². The molecular weight excluding hydrogens is 281 g/mol. The van der Waals surface area contributed by atoms with Crippen molar-refractivity contribution in [3.8, 4) is 22.8 Å². The second-order valence-electron chi connectivity index (χ2n) is 4.14. The predicted molar refractivity (Wildman–Crippen MR) is 74.6 cm³/mol. The molecule has 0 fully saturated rings. The van der Waals surface area contributed by atoms with Gasteiger partial charge in [0, 0.05) is 11.3 Å². The molecule has 0 unspecified atom stereocenters. The highest BCUT2D eigenvalue weighted by molar-refractivity contribution is 6.33. The van der Waals surface area contributed by atoms with Crippen molar-refractivity contribution in [1.82, 2.24) is 10.1 Å².